The highest BCUT2D eigenvalue weighted by Gasteiger charge is 2.36. The second-order valence-electron chi connectivity index (χ2n) is 14.5. The van der Waals surface area contributed by atoms with E-state index in [2.05, 4.69) is 21.3 Å². The number of hydrogen-bond donors (Lipinski definition) is 4. The van der Waals surface area contributed by atoms with Crippen LogP contribution >= 0.6 is 0 Å². The molecule has 0 spiro atoms. The highest BCUT2D eigenvalue weighted by molar-refractivity contribution is 5.99. The van der Waals surface area contributed by atoms with Gasteiger partial charge in [0.15, 0.2) is 0 Å². The van der Waals surface area contributed by atoms with Crippen LogP contribution < -0.4 is 26.0 Å². The molecular formula is C46H44FN5O6. The first-order valence-corrected chi connectivity index (χ1v) is 19.4. The lowest BCUT2D eigenvalue weighted by Crippen LogP contribution is -2.58. The molecule has 5 aromatic carbocycles. The van der Waals surface area contributed by atoms with E-state index in [-0.39, 0.29) is 36.9 Å². The van der Waals surface area contributed by atoms with E-state index in [4.69, 9.17) is 4.74 Å². The van der Waals surface area contributed by atoms with E-state index < -0.39 is 54.0 Å². The fourth-order valence-electron chi connectivity index (χ4n) is 7.37. The van der Waals surface area contributed by atoms with Gasteiger partial charge in [0.2, 0.25) is 23.6 Å². The zero-order valence-electron chi connectivity index (χ0n) is 31.7. The molecule has 3 aliphatic heterocycles. The van der Waals surface area contributed by atoms with Crippen molar-refractivity contribution in [2.24, 2.45) is 0 Å². The van der Waals surface area contributed by atoms with Crippen molar-refractivity contribution >= 4 is 29.5 Å². The van der Waals surface area contributed by atoms with Crippen molar-refractivity contribution < 1.29 is 33.1 Å². The Morgan fingerprint density at radius 1 is 0.741 bits per heavy atom. The number of halogens is 1. The molecule has 11 nitrogen and oxygen atoms in total. The molecule has 12 heteroatoms. The third kappa shape index (κ3) is 9.94. The van der Waals surface area contributed by atoms with Crippen molar-refractivity contribution in [3.05, 3.63) is 167 Å². The number of ether oxygens (including phenoxy) is 1. The van der Waals surface area contributed by atoms with E-state index in [1.54, 1.807) is 102 Å². The maximum absolute atomic E-state index is 14.5. The summed E-state index contributed by atoms with van der Waals surface area (Å²) in [6, 6.07) is 34.2. The number of carbonyl (C=O) groups is 5. The molecule has 5 aromatic rings. The lowest BCUT2D eigenvalue weighted by atomic mass is 10.0. The van der Waals surface area contributed by atoms with E-state index in [0.717, 1.165) is 18.4 Å². The van der Waals surface area contributed by atoms with Crippen LogP contribution in [0, 0.1) is 5.82 Å². The monoisotopic (exact) mass is 781 g/mol. The van der Waals surface area contributed by atoms with E-state index in [1.807, 2.05) is 30.3 Å². The first-order valence-electron chi connectivity index (χ1n) is 19.4. The molecular weight excluding hydrogens is 738 g/mol. The summed E-state index contributed by atoms with van der Waals surface area (Å²) < 4.78 is 20.7. The van der Waals surface area contributed by atoms with Crippen LogP contribution in [0.25, 0.3) is 0 Å². The Morgan fingerprint density at radius 2 is 1.47 bits per heavy atom. The minimum Gasteiger partial charge on any atom is -0.457 e. The van der Waals surface area contributed by atoms with Crippen molar-refractivity contribution in [1.29, 1.82) is 0 Å². The maximum Gasteiger partial charge on any atom is 0.251 e. The Morgan fingerprint density at radius 3 is 2.22 bits per heavy atom. The minimum absolute atomic E-state index is 0.0200. The molecule has 0 aromatic heterocycles. The predicted molar refractivity (Wildman–Crippen MR) is 215 cm³/mol. The summed E-state index contributed by atoms with van der Waals surface area (Å²) in [7, 11) is 0. The quantitative estimate of drug-likeness (QED) is 0.162. The smallest absolute Gasteiger partial charge is 0.251 e. The lowest BCUT2D eigenvalue weighted by molar-refractivity contribution is -0.138. The summed E-state index contributed by atoms with van der Waals surface area (Å²) in [6.07, 6.45) is 1.12. The zero-order valence-corrected chi connectivity index (χ0v) is 31.7. The van der Waals surface area contributed by atoms with Gasteiger partial charge in [-0.05, 0) is 72.0 Å². The van der Waals surface area contributed by atoms with Gasteiger partial charge >= 0.3 is 0 Å². The largest absolute Gasteiger partial charge is 0.457 e. The molecule has 4 bridgehead atoms. The maximum atomic E-state index is 14.5. The average molecular weight is 782 g/mol. The molecule has 0 aliphatic carbocycles. The van der Waals surface area contributed by atoms with Crippen LogP contribution in [0.15, 0.2) is 133 Å². The molecule has 0 saturated carbocycles. The normalized spacial score (nSPS) is 19.6. The second-order valence-corrected chi connectivity index (χ2v) is 14.5. The highest BCUT2D eigenvalue weighted by atomic mass is 19.1. The van der Waals surface area contributed by atoms with Gasteiger partial charge in [-0.2, -0.15) is 0 Å². The number of fused-ring (bicyclic) bond motifs is 10. The number of amides is 5. The minimum atomic E-state index is -1.44. The van der Waals surface area contributed by atoms with Gasteiger partial charge < -0.3 is 30.9 Å². The number of nitrogens with zero attached hydrogens (tertiary/aromatic N) is 1. The molecule has 1 saturated heterocycles. The van der Waals surface area contributed by atoms with Gasteiger partial charge in [0.05, 0.1) is 12.5 Å². The Kier molecular flexibility index (Phi) is 12.5. The van der Waals surface area contributed by atoms with Crippen molar-refractivity contribution in [3.8, 4) is 11.5 Å². The molecule has 1 fully saturated rings. The lowest BCUT2D eigenvalue weighted by Gasteiger charge is -2.29. The van der Waals surface area contributed by atoms with Gasteiger partial charge in [-0.3, -0.25) is 24.0 Å². The predicted octanol–water partition coefficient (Wildman–Crippen LogP) is 5.56. The van der Waals surface area contributed by atoms with Gasteiger partial charge in [-0.1, -0.05) is 91.0 Å². The Hall–Kier alpha value is -6.82. The summed E-state index contributed by atoms with van der Waals surface area (Å²) in [6.45, 7) is 0.326. The van der Waals surface area contributed by atoms with E-state index >= 15 is 0 Å². The summed E-state index contributed by atoms with van der Waals surface area (Å²) in [4.78, 5) is 72.1. The van der Waals surface area contributed by atoms with Crippen molar-refractivity contribution in [2.45, 2.75) is 62.8 Å². The summed E-state index contributed by atoms with van der Waals surface area (Å²) in [5, 5.41) is 11.1. The fraction of sp³-hybridized carbons (Fsp3) is 0.239. The van der Waals surface area contributed by atoms with Crippen LogP contribution in [-0.4, -0.2) is 59.1 Å². The van der Waals surface area contributed by atoms with Gasteiger partial charge in [0.25, 0.3) is 5.91 Å². The number of carbonyl (C=O) groups excluding carboxylic acids is 5. The fourth-order valence-corrected chi connectivity index (χ4v) is 7.37. The summed E-state index contributed by atoms with van der Waals surface area (Å²) in [5.74, 6) is -2.44. The van der Waals surface area contributed by atoms with Gasteiger partial charge in [0.1, 0.15) is 35.4 Å². The Labute approximate surface area is 336 Å². The van der Waals surface area contributed by atoms with Crippen LogP contribution in [0.1, 0.15) is 57.9 Å². The first-order chi connectivity index (χ1) is 28.2. The molecule has 3 aliphatic rings. The average Bonchev–Trinajstić information content (AvgIpc) is 3.74. The molecule has 8 rings (SSSR count). The SMILES string of the molecule is O=C(NC1Cc2cccc(c2)Oc2ccc(cc2)CC(C(=O)NCc2ccccc2F)NC(=O)C(CC(=O)N2CCC[C@@H]2c2ccccc2)NC1=O)c1ccccc1. The van der Waals surface area contributed by atoms with Crippen LogP contribution in [-0.2, 0) is 38.6 Å². The third-order valence-electron chi connectivity index (χ3n) is 10.4. The molecule has 3 unspecified atom stereocenters. The third-order valence-corrected chi connectivity index (χ3v) is 10.4. The number of rotatable bonds is 8. The Bertz CT molecular complexity index is 2250. The number of nitrogens with one attached hydrogen (secondary N) is 4. The number of benzene rings is 5. The summed E-state index contributed by atoms with van der Waals surface area (Å²) in [5.41, 5.74) is 2.89. The summed E-state index contributed by atoms with van der Waals surface area (Å²) >= 11 is 0. The zero-order chi connectivity index (χ0) is 40.4. The molecule has 3 heterocycles. The van der Waals surface area contributed by atoms with E-state index in [1.165, 1.54) is 6.07 Å². The molecule has 4 N–H and O–H groups in total. The number of hydrogen-bond acceptors (Lipinski definition) is 6. The molecule has 0 radical (unpaired) electrons. The molecule has 296 valence electrons. The standard InChI is InChI=1S/C46H44FN5O6/c47-37-18-8-7-16-34(37)29-48-44(55)38-26-30-20-22-35(23-21-30)58-36-17-9-11-31(25-36)27-39(49-43(54)33-14-5-2-6-15-33)45(56)51-40(46(57)50-38)28-42(53)52-24-10-19-41(52)32-12-3-1-4-13-32/h1-9,11-18,20-23,25,38-41H,10,19,24,26-29H2,(H,48,55)(H,49,54)(H,50,57)(H,51,56)/t38?,39?,40?,41-/m1/s1. The van der Waals surface area contributed by atoms with Crippen LogP contribution in [0.2, 0.25) is 0 Å². The van der Waals surface area contributed by atoms with Crippen LogP contribution in [0.4, 0.5) is 4.39 Å². The van der Waals surface area contributed by atoms with Gasteiger partial charge in [-0.25, -0.2) is 4.39 Å². The molecule has 5 amide bonds. The Balaban J connectivity index is 1.22. The topological polar surface area (TPSA) is 146 Å². The molecule has 4 atom stereocenters. The van der Waals surface area contributed by atoms with E-state index in [9.17, 15) is 28.4 Å². The van der Waals surface area contributed by atoms with Gasteiger partial charge in [-0.15, -0.1) is 0 Å². The first kappa shape index (κ1) is 39.4. The van der Waals surface area contributed by atoms with Crippen molar-refractivity contribution in [2.75, 3.05) is 6.54 Å². The number of likely N-dealkylation sites (tertiary alicyclic amines) is 1. The van der Waals surface area contributed by atoms with E-state index in [0.29, 0.717) is 34.7 Å². The van der Waals surface area contributed by atoms with Crippen molar-refractivity contribution in [3.63, 3.8) is 0 Å². The van der Waals surface area contributed by atoms with Crippen LogP contribution in [0.5, 0.6) is 11.5 Å². The van der Waals surface area contributed by atoms with Gasteiger partial charge in [0, 0.05) is 37.1 Å². The van der Waals surface area contributed by atoms with Crippen LogP contribution in [0.3, 0.4) is 0 Å². The highest BCUT2D eigenvalue weighted by Crippen LogP contribution is 2.32. The molecule has 58 heavy (non-hydrogen) atoms. The second kappa shape index (κ2) is 18.4. The van der Waals surface area contributed by atoms with Crippen molar-refractivity contribution in [1.82, 2.24) is 26.2 Å².